The molecule has 31 heavy (non-hydrogen) atoms. The maximum atomic E-state index is 12.3. The van der Waals surface area contributed by atoms with E-state index >= 15 is 0 Å². The van der Waals surface area contributed by atoms with E-state index in [1.807, 2.05) is 41.2 Å². The van der Waals surface area contributed by atoms with Gasteiger partial charge in [0, 0.05) is 44.0 Å². The third-order valence-electron chi connectivity index (χ3n) is 5.34. The van der Waals surface area contributed by atoms with E-state index in [-0.39, 0.29) is 5.91 Å². The molecule has 0 unspecified atom stereocenters. The fourth-order valence-corrected chi connectivity index (χ4v) is 3.62. The van der Waals surface area contributed by atoms with Crippen LogP contribution in [0.3, 0.4) is 0 Å². The summed E-state index contributed by atoms with van der Waals surface area (Å²) in [5.41, 5.74) is 4.48. The quantitative estimate of drug-likeness (QED) is 0.574. The van der Waals surface area contributed by atoms with Crippen LogP contribution in [0.5, 0.6) is 0 Å². The highest BCUT2D eigenvalue weighted by Gasteiger charge is 2.12. The molecule has 0 bridgehead atoms. The van der Waals surface area contributed by atoms with Crippen LogP contribution in [0, 0.1) is 0 Å². The first kappa shape index (κ1) is 21.0. The molecule has 1 N–H and O–H groups in total. The molecule has 0 aliphatic carbocycles. The average molecular weight is 417 g/mol. The van der Waals surface area contributed by atoms with Crippen molar-refractivity contribution in [3.05, 3.63) is 95.3 Å². The fourth-order valence-electron chi connectivity index (χ4n) is 3.62. The molecule has 2 aromatic carbocycles. The maximum absolute atomic E-state index is 12.3. The number of nitrogens with one attached hydrogen (secondary N) is 1. The molecule has 0 atom stereocenters. The van der Waals surface area contributed by atoms with Crippen LogP contribution in [-0.2, 0) is 29.2 Å². The Labute approximate surface area is 183 Å². The van der Waals surface area contributed by atoms with Gasteiger partial charge in [-0.05, 0) is 22.8 Å². The number of ether oxygens (including phenoxy) is 1. The molecule has 0 radical (unpaired) electrons. The summed E-state index contributed by atoms with van der Waals surface area (Å²) >= 11 is 0. The Balaban J connectivity index is 1.29. The Morgan fingerprint density at radius 1 is 1.00 bits per heavy atom. The van der Waals surface area contributed by atoms with Gasteiger partial charge < -0.3 is 10.1 Å². The summed E-state index contributed by atoms with van der Waals surface area (Å²) in [6, 6.07) is 18.5. The monoisotopic (exact) mass is 416 g/mol. The van der Waals surface area contributed by atoms with Gasteiger partial charge in [0.05, 0.1) is 26.0 Å². The van der Waals surface area contributed by atoms with E-state index in [9.17, 15) is 4.79 Å². The molecular weight excluding hydrogens is 388 g/mol. The zero-order valence-corrected chi connectivity index (χ0v) is 17.6. The van der Waals surface area contributed by atoms with Crippen LogP contribution < -0.4 is 5.32 Å². The molecule has 0 spiro atoms. The van der Waals surface area contributed by atoms with E-state index in [0.717, 1.165) is 44.0 Å². The normalized spacial score (nSPS) is 14.7. The van der Waals surface area contributed by atoms with Gasteiger partial charge in [0.25, 0.3) is 0 Å². The molecule has 4 rings (SSSR count). The predicted molar refractivity (Wildman–Crippen MR) is 121 cm³/mol. The van der Waals surface area contributed by atoms with E-state index in [4.69, 9.17) is 4.74 Å². The minimum Gasteiger partial charge on any atom is -0.379 e. The SMILES string of the molecule is O=C(/C=C/c1cnn(Cc2ccccc2)c1)NCc1ccccc1CN1CCOCC1. The second-order valence-corrected chi connectivity index (χ2v) is 7.67. The molecule has 1 aromatic heterocycles. The molecule has 3 aromatic rings. The molecule has 1 aliphatic heterocycles. The van der Waals surface area contributed by atoms with Crippen molar-refractivity contribution in [3.8, 4) is 0 Å². The Morgan fingerprint density at radius 3 is 2.55 bits per heavy atom. The lowest BCUT2D eigenvalue weighted by Gasteiger charge is -2.27. The van der Waals surface area contributed by atoms with Gasteiger partial charge in [-0.15, -0.1) is 0 Å². The second-order valence-electron chi connectivity index (χ2n) is 7.67. The summed E-state index contributed by atoms with van der Waals surface area (Å²) in [5.74, 6) is -0.114. The van der Waals surface area contributed by atoms with Crippen molar-refractivity contribution in [2.45, 2.75) is 19.6 Å². The van der Waals surface area contributed by atoms with E-state index < -0.39 is 0 Å². The molecule has 1 saturated heterocycles. The number of amides is 1. The summed E-state index contributed by atoms with van der Waals surface area (Å²) in [6.45, 7) is 5.56. The van der Waals surface area contributed by atoms with Gasteiger partial charge in [0.1, 0.15) is 0 Å². The Kier molecular flexibility index (Phi) is 7.26. The number of nitrogens with zero attached hydrogens (tertiary/aromatic N) is 3. The van der Waals surface area contributed by atoms with Gasteiger partial charge in [0.15, 0.2) is 0 Å². The maximum Gasteiger partial charge on any atom is 0.244 e. The first-order chi connectivity index (χ1) is 15.3. The topological polar surface area (TPSA) is 59.4 Å². The third kappa shape index (κ3) is 6.38. The van der Waals surface area contributed by atoms with Crippen molar-refractivity contribution in [2.75, 3.05) is 26.3 Å². The van der Waals surface area contributed by atoms with Crippen molar-refractivity contribution < 1.29 is 9.53 Å². The van der Waals surface area contributed by atoms with Crippen LogP contribution in [-0.4, -0.2) is 46.9 Å². The van der Waals surface area contributed by atoms with Gasteiger partial charge in [-0.1, -0.05) is 54.6 Å². The molecule has 6 heteroatoms. The lowest BCUT2D eigenvalue weighted by Crippen LogP contribution is -2.36. The molecule has 0 saturated carbocycles. The summed E-state index contributed by atoms with van der Waals surface area (Å²) in [6.07, 6.45) is 7.07. The number of aromatic nitrogens is 2. The van der Waals surface area contributed by atoms with E-state index in [0.29, 0.717) is 13.1 Å². The molecule has 1 aliphatic rings. The molecule has 2 heterocycles. The van der Waals surface area contributed by atoms with Gasteiger partial charge in [-0.3, -0.25) is 14.4 Å². The number of hydrogen-bond acceptors (Lipinski definition) is 4. The van der Waals surface area contributed by atoms with Gasteiger partial charge in [0.2, 0.25) is 5.91 Å². The van der Waals surface area contributed by atoms with E-state index in [1.165, 1.54) is 11.1 Å². The van der Waals surface area contributed by atoms with Crippen molar-refractivity contribution in [3.63, 3.8) is 0 Å². The number of carbonyl (C=O) groups is 1. The number of carbonyl (C=O) groups excluding carboxylic acids is 1. The Bertz CT molecular complexity index is 1010. The summed E-state index contributed by atoms with van der Waals surface area (Å²) in [4.78, 5) is 14.7. The Hall–Kier alpha value is -3.22. The van der Waals surface area contributed by atoms with Gasteiger partial charge >= 0.3 is 0 Å². The number of morpholine rings is 1. The first-order valence-corrected chi connectivity index (χ1v) is 10.7. The molecule has 1 amide bonds. The molecule has 6 nitrogen and oxygen atoms in total. The average Bonchev–Trinajstić information content (AvgIpc) is 3.26. The third-order valence-corrected chi connectivity index (χ3v) is 5.34. The summed E-state index contributed by atoms with van der Waals surface area (Å²) in [7, 11) is 0. The van der Waals surface area contributed by atoms with Crippen LogP contribution in [0.1, 0.15) is 22.3 Å². The molecular formula is C25H28N4O2. The smallest absolute Gasteiger partial charge is 0.244 e. The zero-order valence-electron chi connectivity index (χ0n) is 17.6. The van der Waals surface area contributed by atoms with Crippen LogP contribution in [0.2, 0.25) is 0 Å². The summed E-state index contributed by atoms with van der Waals surface area (Å²) in [5, 5.41) is 7.37. The largest absolute Gasteiger partial charge is 0.379 e. The standard InChI is InChI=1S/C25H28N4O2/c30-25(11-10-22-16-27-29(19-22)18-21-6-2-1-3-7-21)26-17-23-8-4-5-9-24(23)20-28-12-14-31-15-13-28/h1-11,16,19H,12-15,17-18,20H2,(H,26,30)/b11-10+. The lowest BCUT2D eigenvalue weighted by atomic mass is 10.1. The second kappa shape index (κ2) is 10.7. The van der Waals surface area contributed by atoms with E-state index in [2.05, 4.69) is 39.6 Å². The molecule has 1 fully saturated rings. The van der Waals surface area contributed by atoms with Crippen molar-refractivity contribution in [2.24, 2.45) is 0 Å². The molecule has 160 valence electrons. The van der Waals surface area contributed by atoms with Gasteiger partial charge in [-0.2, -0.15) is 5.10 Å². The highest BCUT2D eigenvalue weighted by molar-refractivity contribution is 5.91. The minimum atomic E-state index is -0.114. The highest BCUT2D eigenvalue weighted by Crippen LogP contribution is 2.13. The van der Waals surface area contributed by atoms with Crippen LogP contribution in [0.4, 0.5) is 0 Å². The number of rotatable bonds is 8. The number of hydrogen-bond donors (Lipinski definition) is 1. The predicted octanol–water partition coefficient (Wildman–Crippen LogP) is 3.09. The van der Waals surface area contributed by atoms with E-state index in [1.54, 1.807) is 18.3 Å². The lowest BCUT2D eigenvalue weighted by molar-refractivity contribution is -0.116. The zero-order chi connectivity index (χ0) is 21.3. The van der Waals surface area contributed by atoms with Crippen LogP contribution in [0.15, 0.2) is 73.1 Å². The van der Waals surface area contributed by atoms with Crippen molar-refractivity contribution >= 4 is 12.0 Å². The number of benzene rings is 2. The first-order valence-electron chi connectivity index (χ1n) is 10.7. The van der Waals surface area contributed by atoms with Crippen molar-refractivity contribution in [1.29, 1.82) is 0 Å². The highest BCUT2D eigenvalue weighted by atomic mass is 16.5. The Morgan fingerprint density at radius 2 is 1.74 bits per heavy atom. The van der Waals surface area contributed by atoms with Crippen LogP contribution >= 0.6 is 0 Å². The van der Waals surface area contributed by atoms with Gasteiger partial charge in [-0.25, -0.2) is 0 Å². The summed E-state index contributed by atoms with van der Waals surface area (Å²) < 4.78 is 7.30. The fraction of sp³-hybridized carbons (Fsp3) is 0.280. The minimum absolute atomic E-state index is 0.114. The van der Waals surface area contributed by atoms with Crippen molar-refractivity contribution in [1.82, 2.24) is 20.0 Å². The van der Waals surface area contributed by atoms with Crippen LogP contribution in [0.25, 0.3) is 6.08 Å².